The molecule has 0 radical (unpaired) electrons. The fourth-order valence-electron chi connectivity index (χ4n) is 3.75. The van der Waals surface area contributed by atoms with Crippen molar-refractivity contribution in [1.29, 1.82) is 0 Å². The molecule has 1 aromatic heterocycles. The number of likely N-dealkylation sites (N-methyl/N-ethyl adjacent to an activating group) is 1. The van der Waals surface area contributed by atoms with Gasteiger partial charge in [0.15, 0.2) is 0 Å². The average Bonchev–Trinajstić information content (AvgIpc) is 2.72. The fourth-order valence-corrected chi connectivity index (χ4v) is 3.98. The number of hydrogen-bond acceptors (Lipinski definition) is 6. The minimum atomic E-state index is -0.581. The Morgan fingerprint density at radius 1 is 1.21 bits per heavy atom. The van der Waals surface area contributed by atoms with Gasteiger partial charge in [0.05, 0.1) is 23.1 Å². The van der Waals surface area contributed by atoms with E-state index in [1.807, 2.05) is 52.0 Å². The van der Waals surface area contributed by atoms with E-state index in [0.29, 0.717) is 11.6 Å². The summed E-state index contributed by atoms with van der Waals surface area (Å²) in [6.07, 6.45) is -0.473. The van der Waals surface area contributed by atoms with Gasteiger partial charge in [-0.05, 0) is 39.8 Å². The third kappa shape index (κ3) is 6.48. The number of fused-ring (bicyclic) bond motifs is 1. The van der Waals surface area contributed by atoms with E-state index in [-0.39, 0.29) is 11.9 Å². The van der Waals surface area contributed by atoms with Crippen LogP contribution in [-0.2, 0) is 9.53 Å². The summed E-state index contributed by atoms with van der Waals surface area (Å²) < 4.78 is 5.44. The molecule has 2 aromatic rings. The van der Waals surface area contributed by atoms with Gasteiger partial charge >= 0.3 is 6.09 Å². The van der Waals surface area contributed by atoms with Crippen LogP contribution in [-0.4, -0.2) is 79.2 Å². The zero-order valence-corrected chi connectivity index (χ0v) is 21.1. The molecular weight excluding hydrogens is 442 g/mol. The summed E-state index contributed by atoms with van der Waals surface area (Å²) in [5, 5.41) is 4.44. The van der Waals surface area contributed by atoms with Gasteiger partial charge in [-0.2, -0.15) is 0 Å². The maximum atomic E-state index is 12.4. The number of aromatic nitrogens is 1. The van der Waals surface area contributed by atoms with Crippen LogP contribution in [0.4, 0.5) is 10.6 Å². The number of ether oxygens (including phenoxy) is 1. The number of nitrogens with zero attached hydrogens (tertiary/aromatic N) is 4. The van der Waals surface area contributed by atoms with Crippen molar-refractivity contribution in [2.24, 2.45) is 0 Å². The lowest BCUT2D eigenvalue weighted by atomic mass is 10.0. The Kier molecular flexibility index (Phi) is 7.69. The summed E-state index contributed by atoms with van der Waals surface area (Å²) in [5.41, 5.74) is 1.04. The molecule has 0 saturated carbocycles. The highest BCUT2D eigenvalue weighted by Gasteiger charge is 2.26. The summed E-state index contributed by atoms with van der Waals surface area (Å²) in [6, 6.07) is 7.40. The SMILES string of the molecule is C[C@H](NC(=O)OC(C)(C)C)c1cc2cccc(Cl)c2nc1N1CCN(CC(=O)N(C)C)CC1. The molecule has 1 aromatic carbocycles. The maximum Gasteiger partial charge on any atom is 0.408 e. The topological polar surface area (TPSA) is 78.0 Å². The zero-order chi connectivity index (χ0) is 24.3. The number of rotatable bonds is 5. The summed E-state index contributed by atoms with van der Waals surface area (Å²) >= 11 is 6.45. The van der Waals surface area contributed by atoms with Crippen LogP contribution >= 0.6 is 11.6 Å². The van der Waals surface area contributed by atoms with Crippen molar-refractivity contribution in [2.45, 2.75) is 39.3 Å². The Bertz CT molecular complexity index is 1010. The van der Waals surface area contributed by atoms with Crippen molar-refractivity contribution in [3.05, 3.63) is 34.9 Å². The number of alkyl carbamates (subject to hydrolysis) is 1. The molecule has 8 nitrogen and oxygen atoms in total. The van der Waals surface area contributed by atoms with Gasteiger partial charge in [0.25, 0.3) is 0 Å². The van der Waals surface area contributed by atoms with Gasteiger partial charge in [0, 0.05) is 51.2 Å². The number of hydrogen-bond donors (Lipinski definition) is 1. The summed E-state index contributed by atoms with van der Waals surface area (Å²) in [7, 11) is 3.54. The number of benzene rings is 1. The Hall–Kier alpha value is -2.58. The molecule has 0 unspecified atom stereocenters. The minimum absolute atomic E-state index is 0.0925. The molecule has 2 heterocycles. The Morgan fingerprint density at radius 2 is 1.88 bits per heavy atom. The minimum Gasteiger partial charge on any atom is -0.444 e. The highest BCUT2D eigenvalue weighted by Crippen LogP contribution is 2.32. The third-order valence-electron chi connectivity index (χ3n) is 5.53. The van der Waals surface area contributed by atoms with Crippen LogP contribution in [0.15, 0.2) is 24.3 Å². The van der Waals surface area contributed by atoms with E-state index >= 15 is 0 Å². The zero-order valence-electron chi connectivity index (χ0n) is 20.3. The number of amides is 2. The lowest BCUT2D eigenvalue weighted by Gasteiger charge is -2.37. The van der Waals surface area contributed by atoms with Crippen molar-refractivity contribution < 1.29 is 14.3 Å². The van der Waals surface area contributed by atoms with Gasteiger partial charge in [0.1, 0.15) is 11.4 Å². The van der Waals surface area contributed by atoms with Gasteiger partial charge in [-0.15, -0.1) is 0 Å². The quantitative estimate of drug-likeness (QED) is 0.710. The number of halogens is 1. The molecule has 33 heavy (non-hydrogen) atoms. The van der Waals surface area contributed by atoms with Crippen molar-refractivity contribution in [3.63, 3.8) is 0 Å². The van der Waals surface area contributed by atoms with E-state index in [1.165, 1.54) is 0 Å². The van der Waals surface area contributed by atoms with Crippen LogP contribution in [0, 0.1) is 0 Å². The molecule has 1 saturated heterocycles. The molecule has 1 aliphatic heterocycles. The number of carbonyl (C=O) groups is 2. The molecule has 9 heteroatoms. The number of piperazine rings is 1. The monoisotopic (exact) mass is 475 g/mol. The van der Waals surface area contributed by atoms with E-state index < -0.39 is 11.7 Å². The van der Waals surface area contributed by atoms with Crippen LogP contribution in [0.25, 0.3) is 10.9 Å². The predicted octanol–water partition coefficient (Wildman–Crippen LogP) is 3.68. The van der Waals surface area contributed by atoms with Gasteiger partial charge in [-0.1, -0.05) is 23.7 Å². The van der Waals surface area contributed by atoms with Crippen LogP contribution in [0.3, 0.4) is 0 Å². The smallest absolute Gasteiger partial charge is 0.408 e. The van der Waals surface area contributed by atoms with Crippen molar-refractivity contribution in [3.8, 4) is 0 Å². The lowest BCUT2D eigenvalue weighted by Crippen LogP contribution is -2.50. The Balaban J connectivity index is 1.86. The summed E-state index contributed by atoms with van der Waals surface area (Å²) in [4.78, 5) is 35.4. The molecule has 1 N–H and O–H groups in total. The first kappa shape index (κ1) is 25.1. The van der Waals surface area contributed by atoms with Crippen molar-refractivity contribution in [1.82, 2.24) is 20.1 Å². The Labute approximate surface area is 200 Å². The van der Waals surface area contributed by atoms with E-state index in [0.717, 1.165) is 48.5 Å². The molecule has 1 atom stereocenters. The van der Waals surface area contributed by atoms with E-state index in [2.05, 4.69) is 15.1 Å². The highest BCUT2D eigenvalue weighted by atomic mass is 35.5. The number of anilines is 1. The van der Waals surface area contributed by atoms with Crippen LogP contribution in [0.2, 0.25) is 5.02 Å². The second kappa shape index (κ2) is 10.1. The first-order valence-corrected chi connectivity index (χ1v) is 11.6. The molecule has 1 fully saturated rings. The number of para-hydroxylation sites is 1. The van der Waals surface area contributed by atoms with Gasteiger partial charge in [-0.3, -0.25) is 9.69 Å². The number of pyridine rings is 1. The van der Waals surface area contributed by atoms with Gasteiger partial charge in [-0.25, -0.2) is 9.78 Å². The van der Waals surface area contributed by atoms with E-state index in [1.54, 1.807) is 19.0 Å². The largest absolute Gasteiger partial charge is 0.444 e. The first-order chi connectivity index (χ1) is 15.4. The molecular formula is C24H34ClN5O3. The fraction of sp³-hybridized carbons (Fsp3) is 0.542. The predicted molar refractivity (Wildman–Crippen MR) is 132 cm³/mol. The van der Waals surface area contributed by atoms with E-state index in [4.69, 9.17) is 21.3 Å². The van der Waals surface area contributed by atoms with Crippen LogP contribution in [0.5, 0.6) is 0 Å². The average molecular weight is 476 g/mol. The van der Waals surface area contributed by atoms with Crippen LogP contribution in [0.1, 0.15) is 39.3 Å². The van der Waals surface area contributed by atoms with Gasteiger partial charge in [0.2, 0.25) is 5.91 Å². The normalized spacial score (nSPS) is 15.9. The summed E-state index contributed by atoms with van der Waals surface area (Å²) in [6.45, 7) is 10.8. The van der Waals surface area contributed by atoms with Crippen LogP contribution < -0.4 is 10.2 Å². The molecule has 180 valence electrons. The van der Waals surface area contributed by atoms with Gasteiger partial charge < -0.3 is 19.9 Å². The number of nitrogens with one attached hydrogen (secondary N) is 1. The first-order valence-electron chi connectivity index (χ1n) is 11.2. The molecule has 1 aliphatic rings. The highest BCUT2D eigenvalue weighted by molar-refractivity contribution is 6.35. The molecule has 0 aliphatic carbocycles. The number of carbonyl (C=O) groups excluding carboxylic acids is 2. The summed E-state index contributed by atoms with van der Waals surface area (Å²) in [5.74, 6) is 0.882. The molecule has 2 amide bonds. The second-order valence-electron chi connectivity index (χ2n) is 9.63. The van der Waals surface area contributed by atoms with E-state index in [9.17, 15) is 9.59 Å². The van der Waals surface area contributed by atoms with Crippen molar-refractivity contribution >= 4 is 40.3 Å². The maximum absolute atomic E-state index is 12.4. The molecule has 3 rings (SSSR count). The second-order valence-corrected chi connectivity index (χ2v) is 10.0. The third-order valence-corrected chi connectivity index (χ3v) is 5.84. The molecule has 0 bridgehead atoms. The Morgan fingerprint density at radius 3 is 2.48 bits per heavy atom. The standard InChI is InChI=1S/C24H34ClN5O3/c1-16(26-23(32)33-24(2,3)4)18-14-17-8-7-9-19(25)21(17)27-22(18)30-12-10-29(11-13-30)15-20(31)28(5)6/h7-9,14,16H,10-13,15H2,1-6H3,(H,26,32)/t16-/m0/s1. The van der Waals surface area contributed by atoms with Crippen molar-refractivity contribution in [2.75, 3.05) is 51.7 Å². The molecule has 0 spiro atoms. The lowest BCUT2D eigenvalue weighted by molar-refractivity contribution is -0.129.